The summed E-state index contributed by atoms with van der Waals surface area (Å²) >= 11 is 0. The molecule has 0 aliphatic carbocycles. The summed E-state index contributed by atoms with van der Waals surface area (Å²) in [7, 11) is 0. The van der Waals surface area contributed by atoms with Crippen molar-refractivity contribution in [3.8, 4) is 0 Å². The number of hydrogen-bond donors (Lipinski definition) is 1. The van der Waals surface area contributed by atoms with E-state index in [1.54, 1.807) is 0 Å². The summed E-state index contributed by atoms with van der Waals surface area (Å²) < 4.78 is 0. The van der Waals surface area contributed by atoms with Gasteiger partial charge in [-0.25, -0.2) is 0 Å². The zero-order valence-corrected chi connectivity index (χ0v) is 15.5. The van der Waals surface area contributed by atoms with Crippen molar-refractivity contribution < 1.29 is 5.11 Å². The van der Waals surface area contributed by atoms with Crippen molar-refractivity contribution in [2.75, 3.05) is 13.1 Å². The summed E-state index contributed by atoms with van der Waals surface area (Å²) in [6.45, 7) is 5.83. The van der Waals surface area contributed by atoms with E-state index in [2.05, 4.69) is 24.1 Å². The van der Waals surface area contributed by atoms with Crippen LogP contribution < -0.4 is 0 Å². The van der Waals surface area contributed by atoms with Gasteiger partial charge in [0, 0.05) is 13.0 Å². The predicted molar refractivity (Wildman–Crippen MR) is 101 cm³/mol. The number of allylic oxidation sites excluding steroid dienone is 2. The Morgan fingerprint density at radius 1 is 1.00 bits per heavy atom. The molecular weight excluding hydrogens is 284 g/mol. The van der Waals surface area contributed by atoms with Crippen LogP contribution in [0.1, 0.15) is 90.9 Å². The van der Waals surface area contributed by atoms with Crippen LogP contribution in [0.5, 0.6) is 0 Å². The van der Waals surface area contributed by atoms with Crippen LogP contribution in [0.25, 0.3) is 0 Å². The highest BCUT2D eigenvalue weighted by molar-refractivity contribution is 5.83. The first-order valence-corrected chi connectivity index (χ1v) is 9.88. The Kier molecular flexibility index (Phi) is 11.9. The van der Waals surface area contributed by atoms with Crippen molar-refractivity contribution in [3.05, 3.63) is 12.2 Å². The van der Waals surface area contributed by atoms with Gasteiger partial charge in [-0.1, -0.05) is 57.6 Å². The molecule has 1 aliphatic heterocycles. The highest BCUT2D eigenvalue weighted by Gasteiger charge is 2.19. The fraction of sp³-hybridized carbons (Fsp3) is 0.850. The number of hydrogen-bond acceptors (Lipinski definition) is 3. The monoisotopic (exact) mass is 322 g/mol. The Morgan fingerprint density at radius 3 is 2.26 bits per heavy atom. The van der Waals surface area contributed by atoms with Gasteiger partial charge < -0.3 is 10.0 Å². The second-order valence-corrected chi connectivity index (χ2v) is 6.75. The smallest absolute Gasteiger partial charge is 0.125 e. The molecule has 23 heavy (non-hydrogen) atoms. The summed E-state index contributed by atoms with van der Waals surface area (Å²) in [5, 5.41) is 9.66. The van der Waals surface area contributed by atoms with E-state index < -0.39 is 0 Å². The van der Waals surface area contributed by atoms with Crippen molar-refractivity contribution >= 4 is 5.84 Å². The minimum atomic E-state index is -0.388. The van der Waals surface area contributed by atoms with Crippen molar-refractivity contribution in [3.63, 3.8) is 0 Å². The molecule has 0 saturated carbocycles. The van der Waals surface area contributed by atoms with Gasteiger partial charge in [-0.05, 0) is 39.0 Å². The highest BCUT2D eigenvalue weighted by Crippen LogP contribution is 2.13. The molecule has 1 atom stereocenters. The van der Waals surface area contributed by atoms with Crippen LogP contribution in [0.15, 0.2) is 17.1 Å². The van der Waals surface area contributed by atoms with Gasteiger partial charge in [0.15, 0.2) is 0 Å². The minimum absolute atomic E-state index is 0.388. The first-order valence-electron chi connectivity index (χ1n) is 9.88. The lowest BCUT2D eigenvalue weighted by Crippen LogP contribution is -2.35. The van der Waals surface area contributed by atoms with Gasteiger partial charge in [0.2, 0.25) is 0 Å². The zero-order chi connectivity index (χ0) is 16.8. The van der Waals surface area contributed by atoms with Crippen LogP contribution in [0, 0.1) is 0 Å². The summed E-state index contributed by atoms with van der Waals surface area (Å²) in [5.41, 5.74) is 0. The summed E-state index contributed by atoms with van der Waals surface area (Å²) in [5.74, 6) is 1.11. The van der Waals surface area contributed by atoms with Gasteiger partial charge in [0.25, 0.3) is 0 Å². The van der Waals surface area contributed by atoms with Crippen LogP contribution >= 0.6 is 0 Å². The molecule has 0 spiro atoms. The van der Waals surface area contributed by atoms with Gasteiger partial charge in [0.05, 0.1) is 6.54 Å². The number of unbranched alkanes of at least 4 members (excludes halogenated alkanes) is 9. The third kappa shape index (κ3) is 9.80. The maximum absolute atomic E-state index is 9.66. The Balaban J connectivity index is 1.89. The van der Waals surface area contributed by atoms with Crippen LogP contribution in [0.4, 0.5) is 0 Å². The highest BCUT2D eigenvalue weighted by atomic mass is 16.3. The standard InChI is InChI=1S/C20H38N2O/c1-3-4-5-6-7-8-9-10-11-12-13-14-15-16-20-21-17-18-22(20)19(2)23/h10-11,19,23H,3-9,12-18H2,1-2H3/b11-10+. The Hall–Kier alpha value is -0.830. The predicted octanol–water partition coefficient (Wildman–Crippen LogP) is 5.30. The van der Waals surface area contributed by atoms with Gasteiger partial charge >= 0.3 is 0 Å². The van der Waals surface area contributed by atoms with Gasteiger partial charge in [0.1, 0.15) is 12.1 Å². The van der Waals surface area contributed by atoms with Gasteiger partial charge in [-0.15, -0.1) is 0 Å². The maximum Gasteiger partial charge on any atom is 0.125 e. The van der Waals surface area contributed by atoms with Crippen LogP contribution in [0.3, 0.4) is 0 Å². The van der Waals surface area contributed by atoms with Gasteiger partial charge in [-0.3, -0.25) is 4.99 Å². The molecule has 3 heteroatoms. The largest absolute Gasteiger partial charge is 0.374 e. The fourth-order valence-corrected chi connectivity index (χ4v) is 3.13. The number of rotatable bonds is 14. The third-order valence-corrected chi connectivity index (χ3v) is 4.58. The number of aliphatic hydroxyl groups excluding tert-OH is 1. The second-order valence-electron chi connectivity index (χ2n) is 6.75. The molecule has 1 unspecified atom stereocenters. The average Bonchev–Trinajstić information content (AvgIpc) is 3.00. The molecule has 0 amide bonds. The van der Waals surface area contributed by atoms with Crippen molar-refractivity contribution in [1.82, 2.24) is 4.90 Å². The first kappa shape index (κ1) is 20.2. The number of amidine groups is 1. The lowest BCUT2D eigenvalue weighted by molar-refractivity contribution is 0.0766. The number of aliphatic imine (C=N–C) groups is 1. The lowest BCUT2D eigenvalue weighted by atomic mass is 10.1. The molecule has 1 rings (SSSR count). The van der Waals surface area contributed by atoms with E-state index in [0.29, 0.717) is 0 Å². The summed E-state index contributed by atoms with van der Waals surface area (Å²) in [4.78, 5) is 6.53. The van der Waals surface area contributed by atoms with E-state index in [0.717, 1.165) is 25.3 Å². The third-order valence-electron chi connectivity index (χ3n) is 4.58. The molecule has 0 aromatic rings. The van der Waals surface area contributed by atoms with E-state index in [1.165, 1.54) is 70.6 Å². The molecule has 0 fully saturated rings. The van der Waals surface area contributed by atoms with Crippen molar-refractivity contribution in [1.29, 1.82) is 0 Å². The normalized spacial score (nSPS) is 16.3. The Bertz CT molecular complexity index is 337. The zero-order valence-electron chi connectivity index (χ0n) is 15.5. The van der Waals surface area contributed by atoms with Crippen LogP contribution in [-0.2, 0) is 0 Å². The Labute approximate surface area is 143 Å². The molecule has 1 N–H and O–H groups in total. The van der Waals surface area contributed by atoms with Crippen molar-refractivity contribution in [2.45, 2.75) is 97.1 Å². The minimum Gasteiger partial charge on any atom is -0.374 e. The molecule has 0 radical (unpaired) electrons. The summed E-state index contributed by atoms with van der Waals surface area (Å²) in [6, 6.07) is 0. The first-order chi connectivity index (χ1) is 11.3. The van der Waals surface area contributed by atoms with E-state index >= 15 is 0 Å². The van der Waals surface area contributed by atoms with E-state index in [1.807, 2.05) is 11.8 Å². The second kappa shape index (κ2) is 13.6. The molecule has 3 nitrogen and oxygen atoms in total. The molecule has 0 saturated heterocycles. The summed E-state index contributed by atoms with van der Waals surface area (Å²) in [6.07, 6.45) is 19.9. The molecule has 1 heterocycles. The average molecular weight is 323 g/mol. The quantitative estimate of drug-likeness (QED) is 0.348. The van der Waals surface area contributed by atoms with Gasteiger partial charge in [-0.2, -0.15) is 0 Å². The molecule has 0 aromatic heterocycles. The molecule has 1 aliphatic rings. The fourth-order valence-electron chi connectivity index (χ4n) is 3.13. The Morgan fingerprint density at radius 2 is 1.61 bits per heavy atom. The SMILES string of the molecule is CCCCCCCC/C=C/CCCCCC1=NCCN1C(C)O. The van der Waals surface area contributed by atoms with E-state index in [9.17, 15) is 5.11 Å². The van der Waals surface area contributed by atoms with Crippen LogP contribution in [-0.4, -0.2) is 35.2 Å². The number of nitrogens with zero attached hydrogens (tertiary/aromatic N) is 2. The maximum atomic E-state index is 9.66. The molecule has 134 valence electrons. The topological polar surface area (TPSA) is 35.8 Å². The van der Waals surface area contributed by atoms with Crippen molar-refractivity contribution in [2.24, 2.45) is 4.99 Å². The molecule has 0 bridgehead atoms. The molecule has 0 aromatic carbocycles. The van der Waals surface area contributed by atoms with E-state index in [4.69, 9.17) is 0 Å². The number of aliphatic hydroxyl groups is 1. The molecular formula is C20H38N2O. The van der Waals surface area contributed by atoms with Crippen LogP contribution in [0.2, 0.25) is 0 Å². The lowest BCUT2D eigenvalue weighted by Gasteiger charge is -2.23. The van der Waals surface area contributed by atoms with E-state index in [-0.39, 0.29) is 6.23 Å².